The first-order valence-electron chi connectivity index (χ1n) is 9.49. The van der Waals surface area contributed by atoms with E-state index >= 15 is 0 Å². The quantitative estimate of drug-likeness (QED) is 0.849. The molecule has 2 heterocycles. The van der Waals surface area contributed by atoms with Crippen molar-refractivity contribution in [2.24, 2.45) is 29.6 Å². The van der Waals surface area contributed by atoms with Gasteiger partial charge in [0.05, 0.1) is 13.2 Å². The monoisotopic (exact) mass is 320 g/mol. The van der Waals surface area contributed by atoms with Crippen molar-refractivity contribution in [2.45, 2.75) is 50.9 Å². The van der Waals surface area contributed by atoms with Crippen LogP contribution in [0.25, 0.3) is 0 Å². The number of amides is 2. The maximum Gasteiger partial charge on any atom is 0.317 e. The molecule has 0 spiro atoms. The molecular formula is C18H28N2O3. The number of carbonyl (C=O) groups is 1. The highest BCUT2D eigenvalue weighted by Crippen LogP contribution is 2.65. The number of likely N-dealkylation sites (tertiary alicyclic amines) is 1. The number of carbonyl (C=O) groups excluding carboxylic acids is 1. The molecule has 0 aromatic carbocycles. The van der Waals surface area contributed by atoms with Gasteiger partial charge in [-0.25, -0.2) is 4.79 Å². The van der Waals surface area contributed by atoms with Crippen molar-refractivity contribution in [1.82, 2.24) is 10.2 Å². The maximum atomic E-state index is 12.7. The normalized spacial score (nSPS) is 46.7. The predicted octanol–water partition coefficient (Wildman–Crippen LogP) is 2.22. The van der Waals surface area contributed by atoms with Gasteiger partial charge in [-0.15, -0.1) is 0 Å². The summed E-state index contributed by atoms with van der Waals surface area (Å²) < 4.78 is 11.6. The highest BCUT2D eigenvalue weighted by Gasteiger charge is 2.65. The number of hydrogen-bond acceptors (Lipinski definition) is 3. The lowest BCUT2D eigenvalue weighted by Gasteiger charge is -2.39. The molecule has 0 aromatic rings. The minimum atomic E-state index is -0.492. The molecule has 5 heteroatoms. The molecular weight excluding hydrogens is 292 g/mol. The number of urea groups is 1. The SMILES string of the molecule is CC1([C@@H]2CCCN(C(=O)NC3[C@@H]4[C@H]5CC[C@@H](C5)[C@H]34)C2)OCCO1. The van der Waals surface area contributed by atoms with Crippen LogP contribution in [0, 0.1) is 29.6 Å². The van der Waals surface area contributed by atoms with E-state index in [1.54, 1.807) is 0 Å². The van der Waals surface area contributed by atoms with Crippen LogP contribution in [-0.2, 0) is 9.47 Å². The fourth-order valence-electron chi connectivity index (χ4n) is 6.11. The Morgan fingerprint density at radius 1 is 1.13 bits per heavy atom. The Morgan fingerprint density at radius 3 is 2.52 bits per heavy atom. The molecule has 2 bridgehead atoms. The zero-order valence-corrected chi connectivity index (χ0v) is 14.0. The summed E-state index contributed by atoms with van der Waals surface area (Å²) in [6, 6.07) is 0.624. The number of fused-ring (bicyclic) bond motifs is 5. The molecule has 5 aliphatic rings. The van der Waals surface area contributed by atoms with Gasteiger partial charge in [0.15, 0.2) is 5.79 Å². The number of nitrogens with one attached hydrogen (secondary N) is 1. The molecule has 3 saturated carbocycles. The van der Waals surface area contributed by atoms with Crippen LogP contribution >= 0.6 is 0 Å². The van der Waals surface area contributed by atoms with Crippen LogP contribution < -0.4 is 5.32 Å². The summed E-state index contributed by atoms with van der Waals surface area (Å²) in [6.07, 6.45) is 6.36. The van der Waals surface area contributed by atoms with E-state index in [2.05, 4.69) is 5.32 Å². The molecule has 2 amide bonds. The van der Waals surface area contributed by atoms with E-state index in [1.165, 1.54) is 19.3 Å². The zero-order chi connectivity index (χ0) is 15.6. The van der Waals surface area contributed by atoms with Crippen molar-refractivity contribution in [3.63, 3.8) is 0 Å². The van der Waals surface area contributed by atoms with Gasteiger partial charge in [-0.3, -0.25) is 0 Å². The molecule has 6 atom stereocenters. The first-order chi connectivity index (χ1) is 11.2. The molecule has 2 saturated heterocycles. The summed E-state index contributed by atoms with van der Waals surface area (Å²) >= 11 is 0. The van der Waals surface area contributed by atoms with Crippen molar-refractivity contribution < 1.29 is 14.3 Å². The number of hydrogen-bond donors (Lipinski definition) is 1. The molecule has 5 fully saturated rings. The van der Waals surface area contributed by atoms with Crippen molar-refractivity contribution in [3.8, 4) is 0 Å². The molecule has 1 unspecified atom stereocenters. The lowest BCUT2D eigenvalue weighted by Crippen LogP contribution is -2.52. The maximum absolute atomic E-state index is 12.7. The molecule has 5 rings (SSSR count). The minimum absolute atomic E-state index is 0.148. The second-order valence-electron chi connectivity index (χ2n) is 8.46. The molecule has 3 aliphatic carbocycles. The van der Waals surface area contributed by atoms with Crippen molar-refractivity contribution in [1.29, 1.82) is 0 Å². The van der Waals surface area contributed by atoms with Gasteiger partial charge in [0.25, 0.3) is 0 Å². The highest BCUT2D eigenvalue weighted by atomic mass is 16.7. The first kappa shape index (κ1) is 14.5. The highest BCUT2D eigenvalue weighted by molar-refractivity contribution is 5.75. The van der Waals surface area contributed by atoms with Gasteiger partial charge in [0.1, 0.15) is 0 Å². The molecule has 23 heavy (non-hydrogen) atoms. The Balaban J connectivity index is 1.19. The van der Waals surface area contributed by atoms with Gasteiger partial charge in [-0.05, 0) is 62.7 Å². The van der Waals surface area contributed by atoms with Crippen LogP contribution in [0.2, 0.25) is 0 Å². The third kappa shape index (κ3) is 2.23. The van der Waals surface area contributed by atoms with Gasteiger partial charge in [0, 0.05) is 25.0 Å². The largest absolute Gasteiger partial charge is 0.347 e. The molecule has 2 aliphatic heterocycles. The summed E-state index contributed by atoms with van der Waals surface area (Å²) in [5.74, 6) is 3.22. The number of ether oxygens (including phenoxy) is 2. The summed E-state index contributed by atoms with van der Waals surface area (Å²) in [6.45, 7) is 5.01. The topological polar surface area (TPSA) is 50.8 Å². The first-order valence-corrected chi connectivity index (χ1v) is 9.49. The standard InChI is InChI=1S/C18H28N2O3/c1-18(22-7-8-23-18)13-3-2-6-20(10-13)17(21)19-16-14-11-4-5-12(9-11)15(14)16/h11-16H,2-10H2,1H3,(H,19,21)/t11-,12-,13+,14-,15+,16?/m0/s1. The van der Waals surface area contributed by atoms with E-state index in [4.69, 9.17) is 9.47 Å². The lowest BCUT2D eigenvalue weighted by molar-refractivity contribution is -0.189. The Morgan fingerprint density at radius 2 is 1.83 bits per heavy atom. The average Bonchev–Trinajstić information content (AvgIpc) is 2.96. The van der Waals surface area contributed by atoms with E-state index < -0.39 is 5.79 Å². The van der Waals surface area contributed by atoms with E-state index in [9.17, 15) is 4.79 Å². The van der Waals surface area contributed by atoms with Crippen molar-refractivity contribution >= 4 is 6.03 Å². The summed E-state index contributed by atoms with van der Waals surface area (Å²) in [4.78, 5) is 14.7. The van der Waals surface area contributed by atoms with Gasteiger partial charge in [-0.1, -0.05) is 0 Å². The molecule has 5 nitrogen and oxygen atoms in total. The van der Waals surface area contributed by atoms with Crippen LogP contribution in [0.15, 0.2) is 0 Å². The molecule has 128 valence electrons. The third-order valence-corrected chi connectivity index (χ3v) is 7.34. The Hall–Kier alpha value is -0.810. The Labute approximate surface area is 138 Å². The number of nitrogens with zero attached hydrogens (tertiary/aromatic N) is 1. The van der Waals surface area contributed by atoms with Gasteiger partial charge in [0.2, 0.25) is 0 Å². The van der Waals surface area contributed by atoms with E-state index in [-0.39, 0.29) is 6.03 Å². The van der Waals surface area contributed by atoms with Crippen LogP contribution in [0.1, 0.15) is 39.0 Å². The Bertz CT molecular complexity index is 488. The molecule has 0 aromatic heterocycles. The second kappa shape index (κ2) is 5.09. The van der Waals surface area contributed by atoms with Crippen molar-refractivity contribution in [3.05, 3.63) is 0 Å². The summed E-state index contributed by atoms with van der Waals surface area (Å²) in [5, 5.41) is 3.36. The van der Waals surface area contributed by atoms with Gasteiger partial charge < -0.3 is 19.7 Å². The molecule has 0 radical (unpaired) electrons. The van der Waals surface area contributed by atoms with E-state index in [0.29, 0.717) is 25.2 Å². The third-order valence-electron chi connectivity index (χ3n) is 7.34. The van der Waals surface area contributed by atoms with Crippen LogP contribution in [0.5, 0.6) is 0 Å². The van der Waals surface area contributed by atoms with Crippen LogP contribution in [0.4, 0.5) is 4.79 Å². The van der Waals surface area contributed by atoms with Crippen molar-refractivity contribution in [2.75, 3.05) is 26.3 Å². The van der Waals surface area contributed by atoms with Crippen LogP contribution in [-0.4, -0.2) is 49.1 Å². The number of piperidine rings is 1. The fourth-order valence-corrected chi connectivity index (χ4v) is 6.11. The smallest absolute Gasteiger partial charge is 0.317 e. The predicted molar refractivity (Wildman–Crippen MR) is 84.7 cm³/mol. The second-order valence-corrected chi connectivity index (χ2v) is 8.46. The molecule has 1 N–H and O–H groups in total. The summed E-state index contributed by atoms with van der Waals surface area (Å²) in [7, 11) is 0. The number of rotatable bonds is 2. The Kier molecular flexibility index (Phi) is 3.22. The average molecular weight is 320 g/mol. The van der Waals surface area contributed by atoms with Gasteiger partial charge >= 0.3 is 6.03 Å². The van der Waals surface area contributed by atoms with E-state index in [0.717, 1.165) is 49.6 Å². The van der Waals surface area contributed by atoms with Gasteiger partial charge in [-0.2, -0.15) is 0 Å². The fraction of sp³-hybridized carbons (Fsp3) is 0.944. The minimum Gasteiger partial charge on any atom is -0.347 e. The van der Waals surface area contributed by atoms with Crippen LogP contribution in [0.3, 0.4) is 0 Å². The zero-order valence-electron chi connectivity index (χ0n) is 14.0. The van der Waals surface area contributed by atoms with E-state index in [1.807, 2.05) is 11.8 Å². The summed E-state index contributed by atoms with van der Waals surface area (Å²) in [5.41, 5.74) is 0. The lowest BCUT2D eigenvalue weighted by atomic mass is 9.90.